The Morgan fingerprint density at radius 3 is 1.98 bits per heavy atom. The lowest BCUT2D eigenvalue weighted by atomic mass is 10.1. The summed E-state index contributed by atoms with van der Waals surface area (Å²) in [7, 11) is 0. The first-order valence-corrected chi connectivity index (χ1v) is 16.0. The van der Waals surface area contributed by atoms with E-state index in [2.05, 4.69) is 99.9 Å². The van der Waals surface area contributed by atoms with Crippen LogP contribution in [0.15, 0.2) is 95.7 Å². The van der Waals surface area contributed by atoms with Crippen LogP contribution in [0.3, 0.4) is 0 Å². The van der Waals surface area contributed by atoms with Gasteiger partial charge in [0.05, 0.1) is 24.6 Å². The lowest BCUT2D eigenvalue weighted by Gasteiger charge is -2.25. The van der Waals surface area contributed by atoms with E-state index in [1.54, 1.807) is 11.3 Å². The van der Waals surface area contributed by atoms with E-state index in [0.717, 1.165) is 67.6 Å². The normalized spacial score (nSPS) is 11.2. The van der Waals surface area contributed by atoms with Crippen LogP contribution in [0.4, 0.5) is 0 Å². The van der Waals surface area contributed by atoms with Gasteiger partial charge in [0, 0.05) is 42.7 Å². The average Bonchev–Trinajstić information content (AvgIpc) is 3.66. The zero-order chi connectivity index (χ0) is 29.1. The van der Waals surface area contributed by atoms with Gasteiger partial charge in [0.1, 0.15) is 17.3 Å². The Hall–Kier alpha value is -3.87. The molecule has 5 nitrogen and oxygen atoms in total. The highest BCUT2D eigenvalue weighted by Gasteiger charge is 2.22. The molecule has 0 saturated carbocycles. The molecule has 0 amide bonds. The van der Waals surface area contributed by atoms with Crippen molar-refractivity contribution in [2.24, 2.45) is 0 Å². The van der Waals surface area contributed by atoms with E-state index in [4.69, 9.17) is 14.5 Å². The van der Waals surface area contributed by atoms with Gasteiger partial charge < -0.3 is 14.0 Å². The van der Waals surface area contributed by atoms with Crippen LogP contribution in [0.25, 0.3) is 22.6 Å². The van der Waals surface area contributed by atoms with Crippen molar-refractivity contribution < 1.29 is 9.47 Å². The topological polar surface area (TPSA) is 39.5 Å². The fourth-order valence-electron chi connectivity index (χ4n) is 5.34. The minimum atomic E-state index is 0.653. The summed E-state index contributed by atoms with van der Waals surface area (Å²) in [4.78, 5) is 7.84. The van der Waals surface area contributed by atoms with Gasteiger partial charge >= 0.3 is 0 Å². The van der Waals surface area contributed by atoms with E-state index < -0.39 is 0 Å². The predicted molar refractivity (Wildman–Crippen MR) is 174 cm³/mol. The summed E-state index contributed by atoms with van der Waals surface area (Å²) < 4.78 is 14.2. The Morgan fingerprint density at radius 2 is 1.40 bits per heavy atom. The van der Waals surface area contributed by atoms with Crippen LogP contribution in [0, 0.1) is 0 Å². The van der Waals surface area contributed by atoms with Gasteiger partial charge in [0.2, 0.25) is 0 Å². The second kappa shape index (κ2) is 14.9. The number of rotatable bonds is 15. The molecule has 218 valence electrons. The second-order valence-corrected chi connectivity index (χ2v) is 11.2. The Balaban J connectivity index is 1.58. The second-order valence-electron chi connectivity index (χ2n) is 10.4. The molecule has 5 rings (SSSR count). The van der Waals surface area contributed by atoms with Gasteiger partial charge in [-0.05, 0) is 67.1 Å². The number of nitrogens with zero attached hydrogens (tertiary/aromatic N) is 3. The van der Waals surface area contributed by atoms with Crippen LogP contribution in [-0.4, -0.2) is 27.7 Å². The third-order valence-electron chi connectivity index (χ3n) is 7.24. The summed E-state index contributed by atoms with van der Waals surface area (Å²) in [5.41, 5.74) is 7.10. The molecule has 0 fully saturated rings. The van der Waals surface area contributed by atoms with Gasteiger partial charge in [0.15, 0.2) is 0 Å². The molecule has 3 aromatic carbocycles. The molecular weight excluding hydrogens is 538 g/mol. The Bertz CT molecular complexity index is 1480. The lowest BCUT2D eigenvalue weighted by Crippen LogP contribution is -2.24. The largest absolute Gasteiger partial charge is 0.494 e. The number of hydrogen-bond donors (Lipinski definition) is 0. The van der Waals surface area contributed by atoms with Gasteiger partial charge in [-0.2, -0.15) is 11.3 Å². The fourth-order valence-corrected chi connectivity index (χ4v) is 5.98. The van der Waals surface area contributed by atoms with Crippen LogP contribution in [0.2, 0.25) is 0 Å². The van der Waals surface area contributed by atoms with Crippen LogP contribution in [0.5, 0.6) is 11.5 Å². The van der Waals surface area contributed by atoms with Crippen molar-refractivity contribution in [1.29, 1.82) is 0 Å². The van der Waals surface area contributed by atoms with Gasteiger partial charge in [-0.15, -0.1) is 0 Å². The predicted octanol–water partition coefficient (Wildman–Crippen LogP) is 9.08. The van der Waals surface area contributed by atoms with Gasteiger partial charge in [0.25, 0.3) is 0 Å². The first-order valence-electron chi connectivity index (χ1n) is 15.0. The van der Waals surface area contributed by atoms with Gasteiger partial charge in [-0.1, -0.05) is 67.9 Å². The number of hydrogen-bond acceptors (Lipinski definition) is 5. The molecule has 0 atom stereocenters. The molecule has 6 heteroatoms. The molecule has 42 heavy (non-hydrogen) atoms. The summed E-state index contributed by atoms with van der Waals surface area (Å²) in [5, 5.41) is 4.36. The Labute approximate surface area is 254 Å². The summed E-state index contributed by atoms with van der Waals surface area (Å²) in [6, 6.07) is 29.7. The summed E-state index contributed by atoms with van der Waals surface area (Å²) >= 11 is 1.72. The summed E-state index contributed by atoms with van der Waals surface area (Å²) in [6.45, 7) is 10.9. The summed E-state index contributed by atoms with van der Waals surface area (Å²) in [5.74, 6) is 2.86. The summed E-state index contributed by atoms with van der Waals surface area (Å²) in [6.07, 6.45) is 2.22. The van der Waals surface area contributed by atoms with Crippen LogP contribution in [-0.2, 0) is 26.2 Å². The van der Waals surface area contributed by atoms with Crippen molar-refractivity contribution in [2.45, 2.75) is 59.8 Å². The quantitative estimate of drug-likeness (QED) is 0.124. The molecule has 0 N–H and O–H groups in total. The highest BCUT2D eigenvalue weighted by Crippen LogP contribution is 2.33. The minimum Gasteiger partial charge on any atom is -0.494 e. The third kappa shape index (κ3) is 7.50. The molecule has 0 spiro atoms. The zero-order valence-electron chi connectivity index (χ0n) is 25.0. The molecule has 0 unspecified atom stereocenters. The molecule has 0 saturated heterocycles. The fraction of sp³-hybridized carbons (Fsp3) is 0.306. The SMILES string of the molecule is CCCCn1c(-c2ccccc2)nc(-c2ccsc2)c1CN(Cc1cccc(OCC)c1)Cc1cccc(OCC)c1. The van der Waals surface area contributed by atoms with E-state index in [1.165, 1.54) is 22.4 Å². The highest BCUT2D eigenvalue weighted by molar-refractivity contribution is 7.08. The van der Waals surface area contributed by atoms with Gasteiger partial charge in [-0.3, -0.25) is 4.90 Å². The number of thiophene rings is 1. The van der Waals surface area contributed by atoms with Crippen molar-refractivity contribution >= 4 is 11.3 Å². The van der Waals surface area contributed by atoms with E-state index in [0.29, 0.717) is 13.2 Å². The highest BCUT2D eigenvalue weighted by atomic mass is 32.1. The number of aromatic nitrogens is 2. The minimum absolute atomic E-state index is 0.653. The zero-order valence-corrected chi connectivity index (χ0v) is 25.8. The number of unbranched alkanes of at least 4 members (excludes halogenated alkanes) is 1. The Kier molecular flexibility index (Phi) is 10.5. The molecule has 2 heterocycles. The number of benzene rings is 3. The molecule has 0 aliphatic carbocycles. The first kappa shape index (κ1) is 29.6. The first-order chi connectivity index (χ1) is 20.7. The van der Waals surface area contributed by atoms with E-state index in [9.17, 15) is 0 Å². The monoisotopic (exact) mass is 579 g/mol. The molecule has 0 bridgehead atoms. The number of ether oxygens (including phenoxy) is 2. The maximum atomic E-state index is 5.84. The van der Waals surface area contributed by atoms with Crippen molar-refractivity contribution in [1.82, 2.24) is 14.5 Å². The van der Waals surface area contributed by atoms with Crippen molar-refractivity contribution in [2.75, 3.05) is 13.2 Å². The molecular formula is C36H41N3O2S. The lowest BCUT2D eigenvalue weighted by molar-refractivity contribution is 0.240. The number of imidazole rings is 1. The maximum Gasteiger partial charge on any atom is 0.140 e. The van der Waals surface area contributed by atoms with E-state index in [-0.39, 0.29) is 0 Å². The van der Waals surface area contributed by atoms with Gasteiger partial charge in [-0.25, -0.2) is 4.98 Å². The molecule has 0 aliphatic rings. The molecule has 0 aliphatic heterocycles. The maximum absolute atomic E-state index is 5.84. The molecule has 0 radical (unpaired) electrons. The van der Waals surface area contributed by atoms with E-state index >= 15 is 0 Å². The van der Waals surface area contributed by atoms with Crippen LogP contribution < -0.4 is 9.47 Å². The van der Waals surface area contributed by atoms with E-state index in [1.807, 2.05) is 26.0 Å². The third-order valence-corrected chi connectivity index (χ3v) is 7.92. The smallest absolute Gasteiger partial charge is 0.140 e. The van der Waals surface area contributed by atoms with Crippen molar-refractivity contribution in [3.05, 3.63) is 113 Å². The Morgan fingerprint density at radius 1 is 0.738 bits per heavy atom. The van der Waals surface area contributed by atoms with Crippen molar-refractivity contribution in [3.63, 3.8) is 0 Å². The average molecular weight is 580 g/mol. The standard InChI is InChI=1S/C36H41N3O2S/c1-4-7-20-39-34(35(31-19-21-42-27-31)37-36(39)30-15-9-8-10-16-30)26-38(24-28-13-11-17-32(22-28)40-5-2)25-29-14-12-18-33(23-29)41-6-3/h8-19,21-23,27H,4-7,20,24-26H2,1-3H3. The molecule has 2 aromatic heterocycles. The van der Waals surface area contributed by atoms with Crippen LogP contribution >= 0.6 is 11.3 Å². The van der Waals surface area contributed by atoms with Crippen LogP contribution in [0.1, 0.15) is 50.4 Å². The van der Waals surface area contributed by atoms with Crippen molar-refractivity contribution in [3.8, 4) is 34.1 Å². The molecule has 5 aromatic rings.